The number of hydrogen-bond donors (Lipinski definition) is 2. The van der Waals surface area contributed by atoms with E-state index in [1.807, 2.05) is 38.2 Å². The van der Waals surface area contributed by atoms with Crippen LogP contribution < -0.4 is 15.4 Å². The molecule has 25 heavy (non-hydrogen) atoms. The van der Waals surface area contributed by atoms with E-state index in [4.69, 9.17) is 16.3 Å². The molecule has 1 saturated heterocycles. The number of ether oxygens (including phenoxy) is 1. The van der Waals surface area contributed by atoms with Gasteiger partial charge in [0.05, 0.1) is 6.54 Å². The van der Waals surface area contributed by atoms with Gasteiger partial charge in [0.15, 0.2) is 5.96 Å². The zero-order chi connectivity index (χ0) is 18.1. The van der Waals surface area contributed by atoms with E-state index in [-0.39, 0.29) is 6.10 Å². The Morgan fingerprint density at radius 3 is 2.80 bits per heavy atom. The van der Waals surface area contributed by atoms with Crippen LogP contribution in [0.2, 0.25) is 5.02 Å². The highest BCUT2D eigenvalue weighted by atomic mass is 35.5. The molecule has 1 aromatic carbocycles. The summed E-state index contributed by atoms with van der Waals surface area (Å²) in [4.78, 5) is 6.87. The SMILES string of the molecule is CCCN1CCC(NC(=NC)NCC(C)Oc2cccc(Cl)c2)CC1. The maximum atomic E-state index is 5.99. The maximum Gasteiger partial charge on any atom is 0.191 e. The average Bonchev–Trinajstić information content (AvgIpc) is 2.60. The van der Waals surface area contributed by atoms with Gasteiger partial charge in [-0.1, -0.05) is 24.6 Å². The van der Waals surface area contributed by atoms with E-state index in [1.165, 1.54) is 13.0 Å². The lowest BCUT2D eigenvalue weighted by atomic mass is 10.1. The van der Waals surface area contributed by atoms with E-state index in [0.29, 0.717) is 17.6 Å². The molecule has 2 N–H and O–H groups in total. The summed E-state index contributed by atoms with van der Waals surface area (Å²) in [6.07, 6.45) is 3.57. The smallest absolute Gasteiger partial charge is 0.191 e. The standard InChI is InChI=1S/C19H31ClN4O/c1-4-10-24-11-8-17(9-12-24)23-19(21-3)22-14-15(2)25-18-7-5-6-16(20)13-18/h5-7,13,15,17H,4,8-12,14H2,1-3H3,(H2,21,22,23). The van der Waals surface area contributed by atoms with Gasteiger partial charge in [-0.2, -0.15) is 0 Å². The van der Waals surface area contributed by atoms with Gasteiger partial charge >= 0.3 is 0 Å². The summed E-state index contributed by atoms with van der Waals surface area (Å²) >= 11 is 5.99. The lowest BCUT2D eigenvalue weighted by Gasteiger charge is -2.33. The minimum absolute atomic E-state index is 0.0171. The number of hydrogen-bond acceptors (Lipinski definition) is 3. The third-order valence-electron chi connectivity index (χ3n) is 4.38. The second kappa shape index (κ2) is 10.5. The van der Waals surface area contributed by atoms with E-state index < -0.39 is 0 Å². The zero-order valence-electron chi connectivity index (χ0n) is 15.6. The first-order valence-corrected chi connectivity index (χ1v) is 9.60. The van der Waals surface area contributed by atoms with Crippen LogP contribution in [0, 0.1) is 0 Å². The lowest BCUT2D eigenvalue weighted by molar-refractivity contribution is 0.205. The van der Waals surface area contributed by atoms with Gasteiger partial charge in [-0.25, -0.2) is 0 Å². The molecular weight excluding hydrogens is 336 g/mol. The second-order valence-electron chi connectivity index (χ2n) is 6.60. The molecule has 0 amide bonds. The Morgan fingerprint density at radius 1 is 1.40 bits per heavy atom. The van der Waals surface area contributed by atoms with Crippen LogP contribution in [0.1, 0.15) is 33.1 Å². The Hall–Kier alpha value is -1.46. The van der Waals surface area contributed by atoms with Crippen molar-refractivity contribution in [2.75, 3.05) is 33.2 Å². The largest absolute Gasteiger partial charge is 0.489 e. The highest BCUT2D eigenvalue weighted by Gasteiger charge is 2.19. The first-order valence-electron chi connectivity index (χ1n) is 9.22. The Bertz CT molecular complexity index is 544. The highest BCUT2D eigenvalue weighted by Crippen LogP contribution is 2.18. The van der Waals surface area contributed by atoms with Crippen LogP contribution >= 0.6 is 11.6 Å². The Kier molecular flexibility index (Phi) is 8.35. The fraction of sp³-hybridized carbons (Fsp3) is 0.632. The van der Waals surface area contributed by atoms with Gasteiger partial charge in [0.2, 0.25) is 0 Å². The van der Waals surface area contributed by atoms with E-state index in [1.54, 1.807) is 0 Å². The average molecular weight is 367 g/mol. The number of nitrogens with zero attached hydrogens (tertiary/aromatic N) is 2. The molecule has 1 aliphatic rings. The van der Waals surface area contributed by atoms with Crippen LogP contribution in [0.5, 0.6) is 5.75 Å². The number of benzene rings is 1. The minimum Gasteiger partial charge on any atom is -0.489 e. The van der Waals surface area contributed by atoms with E-state index in [9.17, 15) is 0 Å². The summed E-state index contributed by atoms with van der Waals surface area (Å²) in [5.41, 5.74) is 0. The van der Waals surface area contributed by atoms with Crippen molar-refractivity contribution in [3.63, 3.8) is 0 Å². The van der Waals surface area contributed by atoms with Crippen molar-refractivity contribution < 1.29 is 4.74 Å². The van der Waals surface area contributed by atoms with Gasteiger partial charge in [-0.3, -0.25) is 4.99 Å². The zero-order valence-corrected chi connectivity index (χ0v) is 16.4. The summed E-state index contributed by atoms with van der Waals surface area (Å²) in [5.74, 6) is 1.63. The van der Waals surface area contributed by atoms with Crippen LogP contribution in [-0.2, 0) is 0 Å². The molecule has 0 aliphatic carbocycles. The number of halogens is 1. The predicted molar refractivity (Wildman–Crippen MR) is 106 cm³/mol. The summed E-state index contributed by atoms with van der Waals surface area (Å²) < 4.78 is 5.88. The lowest BCUT2D eigenvalue weighted by Crippen LogP contribution is -2.50. The molecule has 6 heteroatoms. The molecular formula is C19H31ClN4O. The van der Waals surface area contributed by atoms with Crippen molar-refractivity contribution in [2.45, 2.75) is 45.3 Å². The fourth-order valence-corrected chi connectivity index (χ4v) is 3.24. The monoisotopic (exact) mass is 366 g/mol. The minimum atomic E-state index is 0.0171. The third kappa shape index (κ3) is 7.12. The van der Waals surface area contributed by atoms with Crippen molar-refractivity contribution in [2.24, 2.45) is 4.99 Å². The first-order chi connectivity index (χ1) is 12.1. The predicted octanol–water partition coefficient (Wildman–Crippen LogP) is 3.15. The summed E-state index contributed by atoms with van der Waals surface area (Å²) in [5, 5.41) is 7.57. The summed E-state index contributed by atoms with van der Waals surface area (Å²) in [6.45, 7) is 8.49. The topological polar surface area (TPSA) is 48.9 Å². The summed E-state index contributed by atoms with van der Waals surface area (Å²) in [6, 6.07) is 7.97. The molecule has 1 aliphatic heterocycles. The van der Waals surface area contributed by atoms with Crippen LogP contribution in [0.25, 0.3) is 0 Å². The van der Waals surface area contributed by atoms with Gasteiger partial charge in [0.25, 0.3) is 0 Å². The molecule has 1 atom stereocenters. The molecule has 0 bridgehead atoms. The molecule has 0 aromatic heterocycles. The highest BCUT2D eigenvalue weighted by molar-refractivity contribution is 6.30. The molecule has 1 heterocycles. The Morgan fingerprint density at radius 2 is 2.16 bits per heavy atom. The molecule has 1 unspecified atom stereocenters. The number of nitrogens with one attached hydrogen (secondary N) is 2. The Labute approximate surface area is 156 Å². The molecule has 1 fully saturated rings. The van der Waals surface area contributed by atoms with Crippen molar-refractivity contribution in [3.8, 4) is 5.75 Å². The van der Waals surface area contributed by atoms with Crippen LogP contribution in [-0.4, -0.2) is 56.2 Å². The third-order valence-corrected chi connectivity index (χ3v) is 4.62. The maximum absolute atomic E-state index is 5.99. The fourth-order valence-electron chi connectivity index (χ4n) is 3.06. The molecule has 140 valence electrons. The first kappa shape index (κ1) is 19.9. The van der Waals surface area contributed by atoms with Crippen molar-refractivity contribution >= 4 is 17.6 Å². The number of guanidine groups is 1. The number of piperidine rings is 1. The van der Waals surface area contributed by atoms with E-state index >= 15 is 0 Å². The van der Waals surface area contributed by atoms with E-state index in [2.05, 4.69) is 27.4 Å². The van der Waals surface area contributed by atoms with Crippen molar-refractivity contribution in [1.82, 2.24) is 15.5 Å². The van der Waals surface area contributed by atoms with Gasteiger partial charge in [0.1, 0.15) is 11.9 Å². The molecule has 5 nitrogen and oxygen atoms in total. The normalized spacial score (nSPS) is 18.0. The number of aliphatic imine (C=N–C) groups is 1. The summed E-state index contributed by atoms with van der Waals surface area (Å²) in [7, 11) is 1.81. The molecule has 0 spiro atoms. The van der Waals surface area contributed by atoms with Gasteiger partial charge in [-0.15, -0.1) is 0 Å². The van der Waals surface area contributed by atoms with Crippen LogP contribution in [0.3, 0.4) is 0 Å². The molecule has 1 aromatic rings. The second-order valence-corrected chi connectivity index (χ2v) is 7.04. The van der Waals surface area contributed by atoms with Gasteiger partial charge in [0, 0.05) is 31.2 Å². The number of rotatable bonds is 7. The van der Waals surface area contributed by atoms with Gasteiger partial charge < -0.3 is 20.3 Å². The molecule has 0 radical (unpaired) electrons. The van der Waals surface area contributed by atoms with Gasteiger partial charge in [-0.05, 0) is 50.9 Å². The molecule has 2 rings (SSSR count). The van der Waals surface area contributed by atoms with Crippen molar-refractivity contribution in [3.05, 3.63) is 29.3 Å². The quantitative estimate of drug-likeness (QED) is 0.575. The van der Waals surface area contributed by atoms with E-state index in [0.717, 1.165) is 37.6 Å². The number of likely N-dealkylation sites (tertiary alicyclic amines) is 1. The van der Waals surface area contributed by atoms with Crippen LogP contribution in [0.15, 0.2) is 29.3 Å². The Balaban J connectivity index is 1.71. The van der Waals surface area contributed by atoms with Crippen molar-refractivity contribution in [1.29, 1.82) is 0 Å². The van der Waals surface area contributed by atoms with Crippen LogP contribution in [0.4, 0.5) is 0 Å². The molecule has 0 saturated carbocycles.